The quantitative estimate of drug-likeness (QED) is 0.293. The fraction of sp³-hybridized carbons (Fsp3) is 0.214. The van der Waals surface area contributed by atoms with Gasteiger partial charge in [-0.25, -0.2) is 0 Å². The first-order valence-electron chi connectivity index (χ1n) is 10.7. The van der Waals surface area contributed by atoms with Crippen molar-refractivity contribution in [3.8, 4) is 22.3 Å². The Kier molecular flexibility index (Phi) is 11.5. The Labute approximate surface area is 218 Å². The minimum Gasteiger partial charge on any atom is -0.515 e. The molecule has 1 saturated carbocycles. The van der Waals surface area contributed by atoms with E-state index in [2.05, 4.69) is 54.6 Å². The molecule has 0 unspecified atom stereocenters. The van der Waals surface area contributed by atoms with Crippen LogP contribution >= 0.6 is 0 Å². The van der Waals surface area contributed by atoms with Crippen LogP contribution in [0.25, 0.3) is 22.3 Å². The molecule has 0 bridgehead atoms. The monoisotopic (exact) mass is 538 g/mol. The average molecular weight is 541 g/mol. The van der Waals surface area contributed by atoms with Crippen LogP contribution in [0, 0.1) is 6.07 Å². The number of hydrogen-bond donors (Lipinski definition) is 0. The van der Waals surface area contributed by atoms with Gasteiger partial charge >= 0.3 is 59.5 Å². The molecule has 4 heteroatoms. The number of halogens is 2. The Morgan fingerprint density at radius 2 is 1.53 bits per heavy atom. The summed E-state index contributed by atoms with van der Waals surface area (Å²) in [6.07, 6.45) is 11.8. The van der Waals surface area contributed by atoms with E-state index in [1.807, 2.05) is 24.3 Å². The summed E-state index contributed by atoms with van der Waals surface area (Å²) in [5, 5.41) is 0. The van der Waals surface area contributed by atoms with Crippen molar-refractivity contribution in [2.24, 2.45) is 0 Å². The molecule has 1 fully saturated rings. The Morgan fingerprint density at radius 1 is 0.812 bits per heavy atom. The summed E-state index contributed by atoms with van der Waals surface area (Å²) in [6.45, 7) is 0. The fourth-order valence-electron chi connectivity index (χ4n) is 3.97. The molecule has 2 aliphatic carbocycles. The molecule has 0 spiro atoms. The van der Waals surface area contributed by atoms with Crippen molar-refractivity contribution in [3.63, 3.8) is 0 Å². The summed E-state index contributed by atoms with van der Waals surface area (Å²) in [5.74, 6) is 0. The van der Waals surface area contributed by atoms with Crippen LogP contribution in [0.1, 0.15) is 43.2 Å². The Morgan fingerprint density at radius 3 is 2.19 bits per heavy atom. The van der Waals surface area contributed by atoms with Gasteiger partial charge in [0.2, 0.25) is 0 Å². The first kappa shape index (κ1) is 26.7. The van der Waals surface area contributed by atoms with Gasteiger partial charge in [-0.1, -0.05) is 52.6 Å². The standard InChI is InChI=1S/C13H9.C9H7O.C6H10.2ClH.Zr/c1-3-7-12-10(5-1)9-11-6-2-4-8-13(11)12;1-2-4-8(3-1)9-5-6-10-7-9;1-2-4-6-5-3-1;;;/h1-5,7-8H,9H2;1-7H;1-5H2;2*1H;/q2*-1;;;;+2/p-2. The van der Waals surface area contributed by atoms with Crippen molar-refractivity contribution in [1.82, 2.24) is 0 Å². The van der Waals surface area contributed by atoms with Crippen molar-refractivity contribution in [3.05, 3.63) is 103 Å². The SMILES string of the molecule is [Cl-].[Cl-].[Zr+2]=[C]1CCCCC1.[c-]1cccc2c1Cc1ccccc1-2.c1cc[c-](-c2ccoc2)c1. The largest absolute Gasteiger partial charge is 0.515 e. The van der Waals surface area contributed by atoms with Gasteiger partial charge in [-0.2, -0.15) is 42.0 Å². The molecule has 6 rings (SSSR count). The van der Waals surface area contributed by atoms with E-state index in [4.69, 9.17) is 4.42 Å². The minimum absolute atomic E-state index is 0. The summed E-state index contributed by atoms with van der Waals surface area (Å²) in [6, 6.07) is 28.2. The van der Waals surface area contributed by atoms with Gasteiger partial charge in [0, 0.05) is 12.5 Å². The molecule has 0 saturated heterocycles. The molecule has 2 aliphatic rings. The van der Waals surface area contributed by atoms with E-state index < -0.39 is 0 Å². The third kappa shape index (κ3) is 7.21. The van der Waals surface area contributed by atoms with Crippen LogP contribution in [0.4, 0.5) is 0 Å². The second-order valence-corrected chi connectivity index (χ2v) is 9.48. The van der Waals surface area contributed by atoms with Gasteiger partial charge in [0.15, 0.2) is 0 Å². The van der Waals surface area contributed by atoms with Crippen LogP contribution in [-0.4, -0.2) is 3.21 Å². The Bertz CT molecular complexity index is 985. The fourth-order valence-corrected chi connectivity index (χ4v) is 4.84. The van der Waals surface area contributed by atoms with Crippen molar-refractivity contribution in [1.29, 1.82) is 0 Å². The van der Waals surface area contributed by atoms with Crippen molar-refractivity contribution in [2.75, 3.05) is 0 Å². The molecular weight excluding hydrogens is 514 g/mol. The van der Waals surface area contributed by atoms with Gasteiger partial charge in [-0.05, 0) is 6.42 Å². The van der Waals surface area contributed by atoms with Crippen LogP contribution in [-0.2, 0) is 30.7 Å². The van der Waals surface area contributed by atoms with Crippen molar-refractivity contribution >= 4 is 3.21 Å². The first-order valence-corrected chi connectivity index (χ1v) is 11.9. The molecule has 3 aromatic carbocycles. The topological polar surface area (TPSA) is 13.1 Å². The zero-order valence-electron chi connectivity index (χ0n) is 18.0. The molecular formula is C28H26Cl2OZr-2. The number of hydrogen-bond acceptors (Lipinski definition) is 1. The Balaban J connectivity index is 0.000000173. The number of fused-ring (bicyclic) bond motifs is 3. The summed E-state index contributed by atoms with van der Waals surface area (Å²) in [7, 11) is 0. The third-order valence-corrected chi connectivity index (χ3v) is 6.82. The van der Waals surface area contributed by atoms with E-state index >= 15 is 0 Å². The summed E-state index contributed by atoms with van der Waals surface area (Å²) in [4.78, 5) is 0. The van der Waals surface area contributed by atoms with Gasteiger partial charge in [-0.3, -0.25) is 0 Å². The van der Waals surface area contributed by atoms with E-state index in [0.717, 1.165) is 12.0 Å². The van der Waals surface area contributed by atoms with Crippen LogP contribution in [0.5, 0.6) is 0 Å². The number of furan rings is 1. The van der Waals surface area contributed by atoms with Crippen LogP contribution < -0.4 is 24.8 Å². The van der Waals surface area contributed by atoms with Crippen LogP contribution in [0.15, 0.2) is 89.7 Å². The molecule has 0 atom stereocenters. The molecule has 164 valence electrons. The van der Waals surface area contributed by atoms with Gasteiger partial charge < -0.3 is 29.2 Å². The van der Waals surface area contributed by atoms with Crippen LogP contribution in [0.3, 0.4) is 0 Å². The van der Waals surface area contributed by atoms with Gasteiger partial charge in [-0.15, -0.1) is 17.7 Å². The molecule has 1 aromatic heterocycles. The number of rotatable bonds is 1. The molecule has 1 nitrogen and oxygen atoms in total. The van der Waals surface area contributed by atoms with E-state index in [1.165, 1.54) is 59.9 Å². The molecule has 0 N–H and O–H groups in total. The maximum absolute atomic E-state index is 4.94. The zero-order valence-corrected chi connectivity index (χ0v) is 22.0. The van der Waals surface area contributed by atoms with Gasteiger partial charge in [0.05, 0.1) is 0 Å². The molecule has 0 radical (unpaired) electrons. The van der Waals surface area contributed by atoms with Crippen molar-refractivity contribution in [2.45, 2.75) is 38.5 Å². The normalized spacial score (nSPS) is 13.1. The Hall–Kier alpha value is -1.60. The summed E-state index contributed by atoms with van der Waals surface area (Å²) in [5.41, 5.74) is 7.87. The van der Waals surface area contributed by atoms with E-state index in [0.29, 0.717) is 0 Å². The molecule has 0 amide bonds. The average Bonchev–Trinajstić information content (AvgIpc) is 3.55. The van der Waals surface area contributed by atoms with E-state index in [9.17, 15) is 0 Å². The second kappa shape index (κ2) is 13.8. The summed E-state index contributed by atoms with van der Waals surface area (Å²) >= 11 is 1.69. The molecule has 4 aromatic rings. The summed E-state index contributed by atoms with van der Waals surface area (Å²) < 4.78 is 6.74. The van der Waals surface area contributed by atoms with Gasteiger partial charge in [0.25, 0.3) is 0 Å². The second-order valence-electron chi connectivity index (χ2n) is 7.75. The molecule has 32 heavy (non-hydrogen) atoms. The van der Waals surface area contributed by atoms with E-state index in [1.54, 1.807) is 40.0 Å². The van der Waals surface area contributed by atoms with Gasteiger partial charge in [0.1, 0.15) is 0 Å². The molecule has 0 aliphatic heterocycles. The third-order valence-electron chi connectivity index (χ3n) is 5.59. The maximum Gasteiger partial charge on any atom is 0.0471 e. The van der Waals surface area contributed by atoms with Crippen molar-refractivity contribution < 1.29 is 53.5 Å². The number of benzene rings is 2. The molecule has 1 heterocycles. The first-order chi connectivity index (χ1) is 14.8. The van der Waals surface area contributed by atoms with Crippen LogP contribution in [0.2, 0.25) is 0 Å². The minimum atomic E-state index is 0. The maximum atomic E-state index is 4.94. The smallest absolute Gasteiger partial charge is 0.0471 e. The predicted octanol–water partition coefficient (Wildman–Crippen LogP) is 1.40. The van der Waals surface area contributed by atoms with E-state index in [-0.39, 0.29) is 24.8 Å². The zero-order chi connectivity index (χ0) is 20.6. The predicted molar refractivity (Wildman–Crippen MR) is 121 cm³/mol.